The Morgan fingerprint density at radius 2 is 1.54 bits per heavy atom. The molecular weight excluding hydrogens is 314 g/mol. The van der Waals surface area contributed by atoms with Crippen LogP contribution in [0.3, 0.4) is 0 Å². The summed E-state index contributed by atoms with van der Waals surface area (Å²) in [4.78, 5) is 0. The minimum Gasteiger partial charge on any atom is -0.490 e. The first-order valence-corrected chi connectivity index (χ1v) is 8.28. The Labute approximate surface area is 138 Å². The number of rotatable bonds is 6. The van der Waals surface area contributed by atoms with Gasteiger partial charge < -0.3 is 13.9 Å². The summed E-state index contributed by atoms with van der Waals surface area (Å²) in [6.45, 7) is 2.86. The van der Waals surface area contributed by atoms with Gasteiger partial charge in [0, 0.05) is 10.8 Å². The molecule has 0 aliphatic heterocycles. The van der Waals surface area contributed by atoms with Crippen molar-refractivity contribution in [3.05, 3.63) is 35.9 Å². The first-order valence-electron chi connectivity index (χ1n) is 8.28. The van der Waals surface area contributed by atoms with Crippen molar-refractivity contribution in [2.45, 2.75) is 26.2 Å². The monoisotopic (exact) mass is 332 g/mol. The highest BCUT2D eigenvalue weighted by Gasteiger charge is 2.24. The number of ether oxygens (including phenoxy) is 2. The topological polar surface area (TPSA) is 31.6 Å². The molecule has 2 aromatic carbocycles. The third kappa shape index (κ3) is 2.58. The van der Waals surface area contributed by atoms with E-state index in [0.717, 1.165) is 19.3 Å². The second-order valence-electron chi connectivity index (χ2n) is 6.21. The molecule has 1 heterocycles. The fourth-order valence-electron chi connectivity index (χ4n) is 2.73. The van der Waals surface area contributed by atoms with Crippen LogP contribution in [0, 0.1) is 17.6 Å². The number of benzene rings is 2. The second kappa shape index (κ2) is 5.96. The highest BCUT2D eigenvalue weighted by Crippen LogP contribution is 2.38. The van der Waals surface area contributed by atoms with Crippen LogP contribution in [0.2, 0.25) is 0 Å². The molecule has 1 aliphatic rings. The SMILES string of the molecule is CCCOc1ccc2c(oc3c(F)c(OCC4CC4)ccc32)c1F. The van der Waals surface area contributed by atoms with E-state index in [4.69, 9.17) is 13.9 Å². The van der Waals surface area contributed by atoms with Crippen molar-refractivity contribution in [3.8, 4) is 11.5 Å². The maximum Gasteiger partial charge on any atom is 0.208 e. The van der Waals surface area contributed by atoms with Crippen LogP contribution in [0.4, 0.5) is 8.78 Å². The maximum atomic E-state index is 14.6. The number of halogens is 2. The standard InChI is InChI=1S/C19H18F2O3/c1-2-9-22-14-7-5-12-13-6-8-15(23-10-11-3-4-11)17(21)19(13)24-18(12)16(14)20/h5-8,11H,2-4,9-10H2,1H3. The second-order valence-corrected chi connectivity index (χ2v) is 6.21. The lowest BCUT2D eigenvalue weighted by molar-refractivity contribution is 0.285. The lowest BCUT2D eigenvalue weighted by Crippen LogP contribution is -2.00. The molecule has 1 aliphatic carbocycles. The fourth-order valence-corrected chi connectivity index (χ4v) is 2.73. The minimum absolute atomic E-state index is 0.0110. The van der Waals surface area contributed by atoms with Crippen LogP contribution in [-0.4, -0.2) is 13.2 Å². The molecule has 4 rings (SSSR count). The Morgan fingerprint density at radius 1 is 0.958 bits per heavy atom. The fraction of sp³-hybridized carbons (Fsp3) is 0.368. The normalized spacial score (nSPS) is 14.5. The van der Waals surface area contributed by atoms with Crippen molar-refractivity contribution < 1.29 is 22.7 Å². The molecule has 1 fully saturated rings. The van der Waals surface area contributed by atoms with Crippen molar-refractivity contribution in [1.29, 1.82) is 0 Å². The zero-order valence-electron chi connectivity index (χ0n) is 13.4. The summed E-state index contributed by atoms with van der Waals surface area (Å²) in [6.07, 6.45) is 3.02. The molecule has 0 saturated heterocycles. The summed E-state index contributed by atoms with van der Waals surface area (Å²) >= 11 is 0. The zero-order valence-corrected chi connectivity index (χ0v) is 13.4. The first kappa shape index (κ1) is 15.2. The molecule has 24 heavy (non-hydrogen) atoms. The van der Waals surface area contributed by atoms with Crippen LogP contribution in [-0.2, 0) is 0 Å². The zero-order chi connectivity index (χ0) is 16.7. The van der Waals surface area contributed by atoms with Crippen LogP contribution < -0.4 is 9.47 Å². The lowest BCUT2D eigenvalue weighted by atomic mass is 10.1. The van der Waals surface area contributed by atoms with E-state index in [1.54, 1.807) is 24.3 Å². The van der Waals surface area contributed by atoms with E-state index in [1.807, 2.05) is 6.92 Å². The van der Waals surface area contributed by atoms with Gasteiger partial charge in [-0.15, -0.1) is 0 Å². The highest BCUT2D eigenvalue weighted by molar-refractivity contribution is 6.06. The largest absolute Gasteiger partial charge is 0.490 e. The Hall–Kier alpha value is -2.30. The summed E-state index contributed by atoms with van der Waals surface area (Å²) < 4.78 is 45.6. The molecule has 0 amide bonds. The Morgan fingerprint density at radius 3 is 2.08 bits per heavy atom. The van der Waals surface area contributed by atoms with Gasteiger partial charge in [0.15, 0.2) is 22.7 Å². The van der Waals surface area contributed by atoms with Gasteiger partial charge in [0.25, 0.3) is 0 Å². The first-order chi connectivity index (χ1) is 11.7. The third-order valence-corrected chi connectivity index (χ3v) is 4.25. The Balaban J connectivity index is 1.77. The minimum atomic E-state index is -0.600. The van der Waals surface area contributed by atoms with Crippen molar-refractivity contribution in [1.82, 2.24) is 0 Å². The van der Waals surface area contributed by atoms with Gasteiger partial charge in [0.1, 0.15) is 0 Å². The molecule has 3 nitrogen and oxygen atoms in total. The van der Waals surface area contributed by atoms with E-state index in [1.165, 1.54) is 0 Å². The van der Waals surface area contributed by atoms with Gasteiger partial charge in [-0.05, 0) is 49.4 Å². The van der Waals surface area contributed by atoms with E-state index >= 15 is 0 Å². The summed E-state index contributed by atoms with van der Waals surface area (Å²) in [5.41, 5.74) is 0.0293. The number of hydrogen-bond donors (Lipinski definition) is 0. The molecule has 1 aromatic heterocycles. The molecule has 1 saturated carbocycles. The molecule has 0 spiro atoms. The number of fused-ring (bicyclic) bond motifs is 3. The van der Waals surface area contributed by atoms with E-state index in [2.05, 4.69) is 0 Å². The van der Waals surface area contributed by atoms with Gasteiger partial charge in [0.2, 0.25) is 11.6 Å². The summed E-state index contributed by atoms with van der Waals surface area (Å²) in [7, 11) is 0. The lowest BCUT2D eigenvalue weighted by Gasteiger charge is -2.06. The number of hydrogen-bond acceptors (Lipinski definition) is 3. The van der Waals surface area contributed by atoms with Crippen LogP contribution in [0.15, 0.2) is 28.7 Å². The van der Waals surface area contributed by atoms with Gasteiger partial charge in [-0.2, -0.15) is 8.78 Å². The predicted octanol–water partition coefficient (Wildman–Crippen LogP) is 5.44. The maximum absolute atomic E-state index is 14.6. The van der Waals surface area contributed by atoms with Crippen LogP contribution in [0.25, 0.3) is 21.9 Å². The third-order valence-electron chi connectivity index (χ3n) is 4.25. The van der Waals surface area contributed by atoms with Crippen LogP contribution in [0.1, 0.15) is 26.2 Å². The van der Waals surface area contributed by atoms with E-state index < -0.39 is 11.6 Å². The van der Waals surface area contributed by atoms with Crippen molar-refractivity contribution in [2.75, 3.05) is 13.2 Å². The van der Waals surface area contributed by atoms with Crippen LogP contribution >= 0.6 is 0 Å². The quantitative estimate of drug-likeness (QED) is 0.602. The molecule has 0 unspecified atom stereocenters. The summed E-state index contributed by atoms with van der Waals surface area (Å²) in [5.74, 6) is -0.395. The average molecular weight is 332 g/mol. The molecule has 5 heteroatoms. The average Bonchev–Trinajstić information content (AvgIpc) is 3.33. The van der Waals surface area contributed by atoms with Crippen LogP contribution in [0.5, 0.6) is 11.5 Å². The van der Waals surface area contributed by atoms with Gasteiger partial charge in [0.05, 0.1) is 13.2 Å². The molecular formula is C19H18F2O3. The smallest absolute Gasteiger partial charge is 0.208 e. The Bertz CT molecular complexity index is 897. The van der Waals surface area contributed by atoms with E-state index in [9.17, 15) is 8.78 Å². The van der Waals surface area contributed by atoms with E-state index in [-0.39, 0.29) is 22.7 Å². The van der Waals surface area contributed by atoms with E-state index in [0.29, 0.717) is 29.9 Å². The highest BCUT2D eigenvalue weighted by atomic mass is 19.1. The molecule has 126 valence electrons. The summed E-state index contributed by atoms with van der Waals surface area (Å²) in [5, 5.41) is 1.06. The summed E-state index contributed by atoms with van der Waals surface area (Å²) in [6, 6.07) is 6.53. The Kier molecular flexibility index (Phi) is 3.79. The molecule has 0 radical (unpaired) electrons. The van der Waals surface area contributed by atoms with Crippen molar-refractivity contribution in [2.24, 2.45) is 5.92 Å². The molecule has 0 atom stereocenters. The van der Waals surface area contributed by atoms with Crippen molar-refractivity contribution in [3.63, 3.8) is 0 Å². The van der Waals surface area contributed by atoms with Gasteiger partial charge >= 0.3 is 0 Å². The predicted molar refractivity (Wildman–Crippen MR) is 87.6 cm³/mol. The van der Waals surface area contributed by atoms with Crippen molar-refractivity contribution >= 4 is 21.9 Å². The van der Waals surface area contributed by atoms with Gasteiger partial charge in [-0.1, -0.05) is 6.92 Å². The molecule has 0 bridgehead atoms. The molecule has 0 N–H and O–H groups in total. The number of furan rings is 1. The van der Waals surface area contributed by atoms with Gasteiger partial charge in [-0.3, -0.25) is 0 Å². The molecule has 3 aromatic rings. The van der Waals surface area contributed by atoms with Gasteiger partial charge in [-0.25, -0.2) is 0 Å².